The molecule has 0 fully saturated rings. The van der Waals surface area contributed by atoms with Crippen molar-refractivity contribution in [2.75, 3.05) is 0 Å². The van der Waals surface area contributed by atoms with Gasteiger partial charge in [0.15, 0.2) is 0 Å². The van der Waals surface area contributed by atoms with Crippen LogP contribution in [-0.2, 0) is 17.6 Å². The SMILES string of the molecule is O=C(O)C(CCc1cccnc1)Cc1cccc(Br)c1. The van der Waals surface area contributed by atoms with E-state index in [-0.39, 0.29) is 5.92 Å². The topological polar surface area (TPSA) is 50.2 Å². The molecule has 1 atom stereocenters. The zero-order valence-electron chi connectivity index (χ0n) is 11.0. The van der Waals surface area contributed by atoms with Crippen LogP contribution >= 0.6 is 15.9 Å². The predicted octanol–water partition coefficient (Wildman–Crippen LogP) is 3.72. The van der Waals surface area contributed by atoms with Crippen LogP contribution in [0.1, 0.15) is 17.5 Å². The second-order valence-electron chi connectivity index (χ2n) is 4.77. The van der Waals surface area contributed by atoms with Crippen LogP contribution in [0.5, 0.6) is 0 Å². The van der Waals surface area contributed by atoms with Crippen molar-refractivity contribution >= 4 is 21.9 Å². The third-order valence-electron chi connectivity index (χ3n) is 3.22. The van der Waals surface area contributed by atoms with Gasteiger partial charge >= 0.3 is 5.97 Å². The van der Waals surface area contributed by atoms with Crippen LogP contribution in [0, 0.1) is 5.92 Å². The predicted molar refractivity (Wildman–Crippen MR) is 81.5 cm³/mol. The Bertz CT molecular complexity index is 572. The van der Waals surface area contributed by atoms with Gasteiger partial charge in [0, 0.05) is 16.9 Å². The molecule has 0 bridgehead atoms. The van der Waals surface area contributed by atoms with E-state index in [0.717, 1.165) is 22.0 Å². The molecule has 0 saturated heterocycles. The smallest absolute Gasteiger partial charge is 0.306 e. The maximum atomic E-state index is 11.4. The van der Waals surface area contributed by atoms with Gasteiger partial charge in [-0.05, 0) is 48.6 Å². The lowest BCUT2D eigenvalue weighted by atomic mass is 9.93. The van der Waals surface area contributed by atoms with E-state index in [0.29, 0.717) is 12.8 Å². The summed E-state index contributed by atoms with van der Waals surface area (Å²) in [6.45, 7) is 0. The van der Waals surface area contributed by atoms with Crippen LogP contribution < -0.4 is 0 Å². The van der Waals surface area contributed by atoms with Crippen molar-refractivity contribution in [2.24, 2.45) is 5.92 Å². The molecule has 4 heteroatoms. The maximum Gasteiger partial charge on any atom is 0.306 e. The number of aryl methyl sites for hydroxylation is 1. The van der Waals surface area contributed by atoms with Gasteiger partial charge in [0.2, 0.25) is 0 Å². The van der Waals surface area contributed by atoms with Gasteiger partial charge in [0.05, 0.1) is 5.92 Å². The Morgan fingerprint density at radius 2 is 2.05 bits per heavy atom. The summed E-state index contributed by atoms with van der Waals surface area (Å²) in [4.78, 5) is 15.4. The molecule has 0 aliphatic carbocycles. The normalized spacial score (nSPS) is 12.1. The van der Waals surface area contributed by atoms with Crippen LogP contribution in [0.4, 0.5) is 0 Å². The van der Waals surface area contributed by atoms with E-state index in [4.69, 9.17) is 0 Å². The summed E-state index contributed by atoms with van der Waals surface area (Å²) in [6, 6.07) is 11.7. The molecule has 1 aromatic heterocycles. The van der Waals surface area contributed by atoms with Crippen molar-refractivity contribution in [1.29, 1.82) is 0 Å². The number of hydrogen-bond acceptors (Lipinski definition) is 2. The number of aliphatic carboxylic acids is 1. The Labute approximate surface area is 126 Å². The van der Waals surface area contributed by atoms with Gasteiger partial charge in [-0.1, -0.05) is 34.1 Å². The molecule has 1 aromatic carbocycles. The Hall–Kier alpha value is -1.68. The molecule has 1 unspecified atom stereocenters. The number of hydrogen-bond donors (Lipinski definition) is 1. The van der Waals surface area contributed by atoms with Crippen molar-refractivity contribution in [1.82, 2.24) is 4.98 Å². The monoisotopic (exact) mass is 333 g/mol. The molecule has 3 nitrogen and oxygen atoms in total. The zero-order chi connectivity index (χ0) is 14.4. The number of nitrogens with zero attached hydrogens (tertiary/aromatic N) is 1. The lowest BCUT2D eigenvalue weighted by molar-refractivity contribution is -0.141. The molecule has 0 aliphatic heterocycles. The number of benzene rings is 1. The first kappa shape index (κ1) is 14.7. The molecule has 2 aromatic rings. The largest absolute Gasteiger partial charge is 0.481 e. The summed E-state index contributed by atoms with van der Waals surface area (Å²) in [5, 5.41) is 9.35. The number of aromatic nitrogens is 1. The molecule has 0 saturated carbocycles. The quantitative estimate of drug-likeness (QED) is 0.876. The average molecular weight is 334 g/mol. The van der Waals surface area contributed by atoms with Gasteiger partial charge in [-0.2, -0.15) is 0 Å². The first-order valence-electron chi connectivity index (χ1n) is 6.51. The fourth-order valence-electron chi connectivity index (χ4n) is 2.15. The molecule has 1 heterocycles. The molecule has 20 heavy (non-hydrogen) atoms. The molecule has 2 rings (SSSR count). The minimum Gasteiger partial charge on any atom is -0.481 e. The summed E-state index contributed by atoms with van der Waals surface area (Å²) in [6.07, 6.45) is 5.42. The Kier molecular flexibility index (Phi) is 5.30. The van der Waals surface area contributed by atoms with E-state index in [1.54, 1.807) is 12.4 Å². The summed E-state index contributed by atoms with van der Waals surface area (Å²) in [5.74, 6) is -1.11. The molecule has 0 radical (unpaired) electrons. The zero-order valence-corrected chi connectivity index (χ0v) is 12.6. The summed E-state index contributed by atoms with van der Waals surface area (Å²) in [7, 11) is 0. The first-order chi connectivity index (χ1) is 9.65. The number of carboxylic acids is 1. The molecule has 0 amide bonds. The third kappa shape index (κ3) is 4.46. The maximum absolute atomic E-state index is 11.4. The molecule has 0 spiro atoms. The highest BCUT2D eigenvalue weighted by atomic mass is 79.9. The van der Waals surface area contributed by atoms with Gasteiger partial charge in [-0.25, -0.2) is 0 Å². The Morgan fingerprint density at radius 1 is 1.25 bits per heavy atom. The Morgan fingerprint density at radius 3 is 2.70 bits per heavy atom. The van der Waals surface area contributed by atoms with E-state index < -0.39 is 5.97 Å². The van der Waals surface area contributed by atoms with E-state index in [1.165, 1.54) is 0 Å². The van der Waals surface area contributed by atoms with Gasteiger partial charge < -0.3 is 5.11 Å². The standard InChI is InChI=1S/C16H16BrNO2/c17-15-5-1-3-13(10-15)9-14(16(19)20)7-6-12-4-2-8-18-11-12/h1-5,8,10-11,14H,6-7,9H2,(H,19,20). The second kappa shape index (κ2) is 7.20. The number of halogens is 1. The minimum absolute atomic E-state index is 0.371. The van der Waals surface area contributed by atoms with E-state index in [1.807, 2.05) is 36.4 Å². The highest BCUT2D eigenvalue weighted by Crippen LogP contribution is 2.18. The van der Waals surface area contributed by atoms with E-state index in [2.05, 4.69) is 20.9 Å². The highest BCUT2D eigenvalue weighted by molar-refractivity contribution is 9.10. The molecule has 104 valence electrons. The van der Waals surface area contributed by atoms with Gasteiger partial charge in [-0.3, -0.25) is 9.78 Å². The fourth-order valence-corrected chi connectivity index (χ4v) is 2.59. The van der Waals surface area contributed by atoms with Crippen molar-refractivity contribution in [3.8, 4) is 0 Å². The van der Waals surface area contributed by atoms with Gasteiger partial charge in [0.1, 0.15) is 0 Å². The van der Waals surface area contributed by atoms with Crippen molar-refractivity contribution in [2.45, 2.75) is 19.3 Å². The second-order valence-corrected chi connectivity index (χ2v) is 5.68. The number of carbonyl (C=O) groups is 1. The highest BCUT2D eigenvalue weighted by Gasteiger charge is 2.18. The van der Waals surface area contributed by atoms with Crippen LogP contribution in [-0.4, -0.2) is 16.1 Å². The number of pyridine rings is 1. The lowest BCUT2D eigenvalue weighted by Gasteiger charge is -2.12. The van der Waals surface area contributed by atoms with E-state index in [9.17, 15) is 9.90 Å². The third-order valence-corrected chi connectivity index (χ3v) is 3.72. The number of carboxylic acid groups (broad SMARTS) is 1. The van der Waals surface area contributed by atoms with Crippen LogP contribution in [0.2, 0.25) is 0 Å². The van der Waals surface area contributed by atoms with Crippen molar-refractivity contribution < 1.29 is 9.90 Å². The lowest BCUT2D eigenvalue weighted by Crippen LogP contribution is -2.17. The average Bonchev–Trinajstić information content (AvgIpc) is 2.44. The number of rotatable bonds is 6. The molecule has 0 aliphatic rings. The Balaban J connectivity index is 1.99. The van der Waals surface area contributed by atoms with Crippen LogP contribution in [0.25, 0.3) is 0 Å². The van der Waals surface area contributed by atoms with Crippen LogP contribution in [0.3, 0.4) is 0 Å². The molecular weight excluding hydrogens is 318 g/mol. The molecule has 1 N–H and O–H groups in total. The van der Waals surface area contributed by atoms with Gasteiger partial charge in [0.25, 0.3) is 0 Å². The fraction of sp³-hybridized carbons (Fsp3) is 0.250. The summed E-state index contributed by atoms with van der Waals surface area (Å²) in [5.41, 5.74) is 2.12. The summed E-state index contributed by atoms with van der Waals surface area (Å²) < 4.78 is 0.978. The van der Waals surface area contributed by atoms with E-state index >= 15 is 0 Å². The molecular formula is C16H16BrNO2. The van der Waals surface area contributed by atoms with Crippen molar-refractivity contribution in [3.63, 3.8) is 0 Å². The van der Waals surface area contributed by atoms with Gasteiger partial charge in [-0.15, -0.1) is 0 Å². The minimum atomic E-state index is -0.742. The van der Waals surface area contributed by atoms with Crippen molar-refractivity contribution in [3.05, 3.63) is 64.4 Å². The first-order valence-corrected chi connectivity index (χ1v) is 7.30. The summed E-state index contributed by atoms with van der Waals surface area (Å²) >= 11 is 3.41. The van der Waals surface area contributed by atoms with Crippen LogP contribution in [0.15, 0.2) is 53.3 Å².